The van der Waals surface area contributed by atoms with Crippen molar-refractivity contribution >= 4 is 6.09 Å². The third-order valence-electron chi connectivity index (χ3n) is 5.10. The number of alkyl carbamates (subject to hydrolysis) is 1. The minimum absolute atomic E-state index is 0.361. The summed E-state index contributed by atoms with van der Waals surface area (Å²) in [6.45, 7) is 3.23. The smallest absolute Gasteiger partial charge is 0.407 e. The van der Waals surface area contributed by atoms with E-state index in [0.717, 1.165) is 19.3 Å². The van der Waals surface area contributed by atoms with Gasteiger partial charge in [-0.05, 0) is 36.7 Å². The van der Waals surface area contributed by atoms with Crippen molar-refractivity contribution in [2.75, 3.05) is 13.2 Å². The Kier molecular flexibility index (Phi) is 17.9. The molecule has 1 N–H and O–H groups in total. The molecule has 0 fully saturated rings. The Hall–Kier alpha value is -2.39. The maximum atomic E-state index is 11.6. The van der Waals surface area contributed by atoms with Crippen molar-refractivity contribution in [3.8, 4) is 23.7 Å². The van der Waals surface area contributed by atoms with Crippen LogP contribution in [0, 0.1) is 23.7 Å². The standard InChI is InChI=1S/C28H41NO2/c1-2-3-4-5-6-7-8-9-10-11-12-13-14-15-16-17-21-26-31-28(30)29-25-24-27-22-19-18-20-23-27/h18-20,22-23H,2-12,17,21,24-26H2,1H3,(H,29,30). The van der Waals surface area contributed by atoms with E-state index >= 15 is 0 Å². The van der Waals surface area contributed by atoms with E-state index in [4.69, 9.17) is 4.74 Å². The summed E-state index contributed by atoms with van der Waals surface area (Å²) in [5.74, 6) is 12.0. The SMILES string of the molecule is CCCCCCCCCCCCC#CC#CCCCOC(=O)NCCc1ccccc1. The normalized spacial score (nSPS) is 9.84. The summed E-state index contributed by atoms with van der Waals surface area (Å²) in [5.41, 5.74) is 1.20. The zero-order valence-electron chi connectivity index (χ0n) is 19.5. The lowest BCUT2D eigenvalue weighted by molar-refractivity contribution is 0.145. The van der Waals surface area contributed by atoms with Gasteiger partial charge in [-0.15, -0.1) is 0 Å². The average Bonchev–Trinajstić information content (AvgIpc) is 2.79. The summed E-state index contributed by atoms with van der Waals surface area (Å²) in [5, 5.41) is 2.77. The van der Waals surface area contributed by atoms with Crippen molar-refractivity contribution < 1.29 is 9.53 Å². The molecule has 0 radical (unpaired) electrons. The van der Waals surface area contributed by atoms with Gasteiger partial charge < -0.3 is 10.1 Å². The van der Waals surface area contributed by atoms with Gasteiger partial charge in [-0.25, -0.2) is 4.79 Å². The molecular formula is C28H41NO2. The van der Waals surface area contributed by atoms with Crippen LogP contribution in [0.15, 0.2) is 30.3 Å². The molecule has 0 heterocycles. The van der Waals surface area contributed by atoms with E-state index in [1.807, 2.05) is 30.3 Å². The zero-order valence-corrected chi connectivity index (χ0v) is 19.5. The van der Waals surface area contributed by atoms with Crippen LogP contribution in [0.5, 0.6) is 0 Å². The van der Waals surface area contributed by atoms with Crippen molar-refractivity contribution in [3.05, 3.63) is 35.9 Å². The predicted octanol–water partition coefficient (Wildman–Crippen LogP) is 7.05. The molecule has 170 valence electrons. The minimum atomic E-state index is -0.361. The highest BCUT2D eigenvalue weighted by Crippen LogP contribution is 2.10. The first-order valence-corrected chi connectivity index (χ1v) is 12.2. The van der Waals surface area contributed by atoms with Gasteiger partial charge in [-0.1, -0.05) is 107 Å². The van der Waals surface area contributed by atoms with E-state index < -0.39 is 0 Å². The average molecular weight is 424 g/mol. The van der Waals surface area contributed by atoms with Crippen LogP contribution in [-0.4, -0.2) is 19.2 Å². The first-order chi connectivity index (χ1) is 15.3. The fourth-order valence-electron chi connectivity index (χ4n) is 3.24. The topological polar surface area (TPSA) is 38.3 Å². The number of carbonyl (C=O) groups is 1. The number of amides is 1. The van der Waals surface area contributed by atoms with Crippen molar-refractivity contribution in [1.82, 2.24) is 5.32 Å². The molecule has 1 rings (SSSR count). The molecule has 0 saturated carbocycles. The molecule has 0 aliphatic heterocycles. The predicted molar refractivity (Wildman–Crippen MR) is 131 cm³/mol. The van der Waals surface area contributed by atoms with Crippen LogP contribution in [0.25, 0.3) is 0 Å². The lowest BCUT2D eigenvalue weighted by atomic mass is 10.1. The van der Waals surface area contributed by atoms with E-state index in [9.17, 15) is 4.79 Å². The molecule has 0 bridgehead atoms. The van der Waals surface area contributed by atoms with Gasteiger partial charge >= 0.3 is 6.09 Å². The zero-order chi connectivity index (χ0) is 22.2. The highest BCUT2D eigenvalue weighted by molar-refractivity contribution is 5.67. The molecule has 0 saturated heterocycles. The number of hydrogen-bond donors (Lipinski definition) is 1. The molecular weight excluding hydrogens is 382 g/mol. The van der Waals surface area contributed by atoms with E-state index in [-0.39, 0.29) is 6.09 Å². The van der Waals surface area contributed by atoms with Crippen LogP contribution in [0.2, 0.25) is 0 Å². The number of hydrogen-bond acceptors (Lipinski definition) is 2. The number of unbranched alkanes of at least 4 members (excludes halogenated alkanes) is 11. The van der Waals surface area contributed by atoms with Crippen LogP contribution in [-0.2, 0) is 11.2 Å². The summed E-state index contributed by atoms with van der Waals surface area (Å²) in [6.07, 6.45) is 16.3. The Labute approximate surface area is 190 Å². The molecule has 3 heteroatoms. The van der Waals surface area contributed by atoms with Crippen molar-refractivity contribution in [3.63, 3.8) is 0 Å². The van der Waals surface area contributed by atoms with Gasteiger partial charge in [0.05, 0.1) is 6.61 Å². The Bertz CT molecular complexity index is 676. The first kappa shape index (κ1) is 26.6. The van der Waals surface area contributed by atoms with Crippen molar-refractivity contribution in [1.29, 1.82) is 0 Å². The van der Waals surface area contributed by atoms with E-state index in [2.05, 4.69) is 35.9 Å². The number of benzene rings is 1. The third-order valence-corrected chi connectivity index (χ3v) is 5.10. The summed E-state index contributed by atoms with van der Waals surface area (Å²) in [6, 6.07) is 10.1. The molecule has 31 heavy (non-hydrogen) atoms. The molecule has 1 aromatic carbocycles. The fraction of sp³-hybridized carbons (Fsp3) is 0.607. The van der Waals surface area contributed by atoms with Crippen LogP contribution in [0.4, 0.5) is 4.79 Å². The van der Waals surface area contributed by atoms with Gasteiger partial charge in [-0.3, -0.25) is 0 Å². The first-order valence-electron chi connectivity index (χ1n) is 12.2. The molecule has 3 nitrogen and oxygen atoms in total. The van der Waals surface area contributed by atoms with Gasteiger partial charge in [0.25, 0.3) is 0 Å². The molecule has 0 unspecified atom stereocenters. The highest BCUT2D eigenvalue weighted by atomic mass is 16.5. The maximum Gasteiger partial charge on any atom is 0.407 e. The summed E-state index contributed by atoms with van der Waals surface area (Å²) in [7, 11) is 0. The second-order valence-electron chi connectivity index (χ2n) is 7.94. The lowest BCUT2D eigenvalue weighted by Crippen LogP contribution is -2.26. The Morgan fingerprint density at radius 3 is 2.03 bits per heavy atom. The van der Waals surface area contributed by atoms with E-state index in [1.54, 1.807) is 0 Å². The maximum absolute atomic E-state index is 11.6. The third kappa shape index (κ3) is 18.1. The molecule has 1 aromatic rings. The Balaban J connectivity index is 1.86. The Morgan fingerprint density at radius 2 is 1.39 bits per heavy atom. The van der Waals surface area contributed by atoms with Gasteiger partial charge in [0, 0.05) is 19.4 Å². The van der Waals surface area contributed by atoms with E-state index in [0.29, 0.717) is 19.6 Å². The Morgan fingerprint density at radius 1 is 0.806 bits per heavy atom. The van der Waals surface area contributed by atoms with Crippen LogP contribution in [0.1, 0.15) is 96.0 Å². The number of carbonyl (C=O) groups excluding carboxylic acids is 1. The molecule has 0 aliphatic carbocycles. The number of ether oxygens (including phenoxy) is 1. The molecule has 1 amide bonds. The molecule has 0 aromatic heterocycles. The van der Waals surface area contributed by atoms with Gasteiger partial charge in [0.15, 0.2) is 0 Å². The van der Waals surface area contributed by atoms with Gasteiger partial charge in [0.2, 0.25) is 0 Å². The van der Waals surface area contributed by atoms with Crippen LogP contribution >= 0.6 is 0 Å². The number of rotatable bonds is 16. The monoisotopic (exact) mass is 423 g/mol. The number of nitrogens with one attached hydrogen (secondary N) is 1. The van der Waals surface area contributed by atoms with Gasteiger partial charge in [-0.2, -0.15) is 0 Å². The summed E-state index contributed by atoms with van der Waals surface area (Å²) in [4.78, 5) is 11.6. The summed E-state index contributed by atoms with van der Waals surface area (Å²) >= 11 is 0. The van der Waals surface area contributed by atoms with Gasteiger partial charge in [0.1, 0.15) is 0 Å². The van der Waals surface area contributed by atoms with Crippen molar-refractivity contribution in [2.24, 2.45) is 0 Å². The molecule has 0 spiro atoms. The highest BCUT2D eigenvalue weighted by Gasteiger charge is 2.00. The van der Waals surface area contributed by atoms with Crippen molar-refractivity contribution in [2.45, 2.75) is 96.8 Å². The lowest BCUT2D eigenvalue weighted by Gasteiger charge is -2.06. The largest absolute Gasteiger partial charge is 0.450 e. The quantitative estimate of drug-likeness (QED) is 0.228. The van der Waals surface area contributed by atoms with E-state index in [1.165, 1.54) is 69.8 Å². The summed E-state index contributed by atoms with van der Waals surface area (Å²) < 4.78 is 5.15. The second-order valence-corrected chi connectivity index (χ2v) is 7.94. The van der Waals surface area contributed by atoms with Crippen LogP contribution < -0.4 is 5.32 Å². The molecule has 0 atom stereocenters. The van der Waals surface area contributed by atoms with Crippen LogP contribution in [0.3, 0.4) is 0 Å². The molecule has 0 aliphatic rings. The minimum Gasteiger partial charge on any atom is -0.450 e. The fourth-order valence-corrected chi connectivity index (χ4v) is 3.24. The second kappa shape index (κ2) is 20.9.